The molecule has 164 valence electrons. The Morgan fingerprint density at radius 3 is 2.17 bits per heavy atom. The summed E-state index contributed by atoms with van der Waals surface area (Å²) in [4.78, 5) is 50.6. The van der Waals surface area contributed by atoms with Crippen LogP contribution in [-0.2, 0) is 28.8 Å². The Kier molecular flexibility index (Phi) is 7.90. The molecule has 0 radical (unpaired) electrons. The first kappa shape index (κ1) is 23.3. The smallest absolute Gasteiger partial charge is 0.333 e. The van der Waals surface area contributed by atoms with Gasteiger partial charge in [0.2, 0.25) is 0 Å². The summed E-state index contributed by atoms with van der Waals surface area (Å²) < 4.78 is 10.4. The van der Waals surface area contributed by atoms with E-state index in [-0.39, 0.29) is 38.9 Å². The van der Waals surface area contributed by atoms with Gasteiger partial charge in [-0.05, 0) is 31.5 Å². The topological polar surface area (TPSA) is 140 Å². The minimum atomic E-state index is -1.28. The van der Waals surface area contributed by atoms with Gasteiger partial charge in [0.25, 0.3) is 11.8 Å². The van der Waals surface area contributed by atoms with E-state index in [1.807, 2.05) is 0 Å². The van der Waals surface area contributed by atoms with Crippen LogP contribution in [0.15, 0.2) is 24.3 Å². The molecular weight excluding hydrogens is 398 g/mol. The molecule has 10 nitrogen and oxygen atoms in total. The fraction of sp³-hybridized carbons (Fsp3) is 0.500. The van der Waals surface area contributed by atoms with E-state index in [0.717, 1.165) is 0 Å². The first-order chi connectivity index (χ1) is 14.1. The summed E-state index contributed by atoms with van der Waals surface area (Å²) >= 11 is 0. The summed E-state index contributed by atoms with van der Waals surface area (Å²) in [6.45, 7) is 3.02. The van der Waals surface area contributed by atoms with Crippen LogP contribution >= 0.6 is 0 Å². The van der Waals surface area contributed by atoms with Crippen molar-refractivity contribution in [1.82, 2.24) is 5.06 Å². The number of hydroxylamine groups is 2. The van der Waals surface area contributed by atoms with E-state index in [1.54, 1.807) is 24.3 Å². The van der Waals surface area contributed by atoms with Gasteiger partial charge in [-0.3, -0.25) is 14.4 Å². The van der Waals surface area contributed by atoms with Crippen molar-refractivity contribution in [3.63, 3.8) is 0 Å². The average Bonchev–Trinajstić information content (AvgIpc) is 3.01. The lowest BCUT2D eigenvalue weighted by molar-refractivity contribution is -0.197. The molecule has 2 amide bonds. The number of carbonyl (C=O) groups is 4. The highest BCUT2D eigenvalue weighted by atomic mass is 16.7. The summed E-state index contributed by atoms with van der Waals surface area (Å²) in [7, 11) is 0. The normalized spacial score (nSPS) is 15.1. The van der Waals surface area contributed by atoms with E-state index < -0.39 is 35.5 Å². The second kappa shape index (κ2) is 10.2. The van der Waals surface area contributed by atoms with Crippen molar-refractivity contribution in [2.24, 2.45) is 0 Å². The molecule has 0 aromatic heterocycles. The zero-order valence-corrected chi connectivity index (χ0v) is 16.8. The number of hydrogen-bond donors (Lipinski definition) is 2. The number of aliphatic hydroxyl groups excluding tert-OH is 1. The van der Waals surface area contributed by atoms with E-state index in [1.165, 1.54) is 13.8 Å². The van der Waals surface area contributed by atoms with Gasteiger partial charge in [0.05, 0.1) is 18.4 Å². The van der Waals surface area contributed by atoms with Crippen LogP contribution < -0.4 is 4.74 Å². The van der Waals surface area contributed by atoms with Crippen molar-refractivity contribution in [2.75, 3.05) is 13.2 Å². The highest BCUT2D eigenvalue weighted by Gasteiger charge is 2.32. The third kappa shape index (κ3) is 6.82. The molecule has 1 unspecified atom stereocenters. The van der Waals surface area contributed by atoms with Crippen LogP contribution in [-0.4, -0.2) is 57.8 Å². The Hall–Kier alpha value is -2.98. The molecule has 2 rings (SSSR count). The van der Waals surface area contributed by atoms with Gasteiger partial charge < -0.3 is 24.5 Å². The van der Waals surface area contributed by atoms with Crippen LogP contribution in [0.4, 0.5) is 0 Å². The van der Waals surface area contributed by atoms with Gasteiger partial charge >= 0.3 is 11.9 Å². The molecule has 0 bridgehead atoms. The van der Waals surface area contributed by atoms with Crippen LogP contribution in [0.5, 0.6) is 5.75 Å². The highest BCUT2D eigenvalue weighted by Crippen LogP contribution is 2.26. The molecule has 1 aliphatic rings. The highest BCUT2D eigenvalue weighted by molar-refractivity contribution is 6.01. The van der Waals surface area contributed by atoms with Crippen LogP contribution in [0.2, 0.25) is 0 Å². The number of benzene rings is 1. The molecule has 0 spiro atoms. The molecule has 1 aromatic carbocycles. The van der Waals surface area contributed by atoms with Gasteiger partial charge in [0.15, 0.2) is 0 Å². The van der Waals surface area contributed by atoms with Crippen molar-refractivity contribution in [1.29, 1.82) is 0 Å². The number of aliphatic hydroxyl groups is 2. The predicted octanol–water partition coefficient (Wildman–Crippen LogP) is 0.800. The van der Waals surface area contributed by atoms with E-state index in [0.29, 0.717) is 16.4 Å². The van der Waals surface area contributed by atoms with Crippen molar-refractivity contribution < 1.29 is 43.7 Å². The first-order valence-electron chi connectivity index (χ1n) is 9.43. The number of esters is 1. The van der Waals surface area contributed by atoms with E-state index >= 15 is 0 Å². The number of hydrogen-bond acceptors (Lipinski definition) is 9. The Bertz CT molecular complexity index is 766. The van der Waals surface area contributed by atoms with Crippen molar-refractivity contribution in [3.05, 3.63) is 29.8 Å². The number of nitrogens with zero attached hydrogens (tertiary/aromatic N) is 1. The Labute approximate surface area is 173 Å². The zero-order chi connectivity index (χ0) is 22.3. The number of rotatable bonds is 10. The lowest BCUT2D eigenvalue weighted by atomic mass is 9.95. The van der Waals surface area contributed by atoms with Gasteiger partial charge in [-0.25, -0.2) is 4.79 Å². The van der Waals surface area contributed by atoms with Crippen molar-refractivity contribution in [2.45, 2.75) is 51.2 Å². The monoisotopic (exact) mass is 423 g/mol. The van der Waals surface area contributed by atoms with Crippen LogP contribution in [0, 0.1) is 0 Å². The molecule has 1 heterocycles. The molecule has 1 aromatic rings. The van der Waals surface area contributed by atoms with E-state index in [9.17, 15) is 29.4 Å². The average molecular weight is 423 g/mol. The molecule has 1 fully saturated rings. The second-order valence-corrected chi connectivity index (χ2v) is 7.24. The summed E-state index contributed by atoms with van der Waals surface area (Å²) in [5, 5.41) is 20.2. The summed E-state index contributed by atoms with van der Waals surface area (Å²) in [5.41, 5.74) is -0.742. The van der Waals surface area contributed by atoms with Gasteiger partial charge in [-0.2, -0.15) is 0 Å². The molecule has 1 saturated heterocycles. The molecular formula is C20H25NO9. The van der Waals surface area contributed by atoms with Gasteiger partial charge in [0.1, 0.15) is 25.1 Å². The van der Waals surface area contributed by atoms with Crippen molar-refractivity contribution in [3.8, 4) is 5.75 Å². The largest absolute Gasteiger partial charge is 0.490 e. The molecule has 0 saturated carbocycles. The zero-order valence-electron chi connectivity index (χ0n) is 16.8. The Morgan fingerprint density at radius 1 is 1.03 bits per heavy atom. The SMILES string of the molecule is CC(C)(O)C(O)c1ccc(OCCOC(=O)CCC(=O)ON2C(=O)CCC2=O)cc1. The summed E-state index contributed by atoms with van der Waals surface area (Å²) in [6.07, 6.45) is -1.64. The van der Waals surface area contributed by atoms with Gasteiger partial charge in [-0.1, -0.05) is 12.1 Å². The minimum absolute atomic E-state index is 0.00309. The molecule has 1 atom stereocenters. The third-order valence-corrected chi connectivity index (χ3v) is 4.21. The standard InChI is InChI=1S/C20H25NO9/c1-20(2,27)19(26)13-3-5-14(6-4-13)28-11-12-29-17(24)9-10-18(25)30-21-15(22)7-8-16(21)23/h3-6,19,26-27H,7-12H2,1-2H3. The van der Waals surface area contributed by atoms with E-state index in [2.05, 4.69) is 4.84 Å². The number of imide groups is 1. The van der Waals surface area contributed by atoms with Crippen molar-refractivity contribution >= 4 is 23.8 Å². The number of amides is 2. The lowest BCUT2D eigenvalue weighted by Gasteiger charge is -2.24. The number of carbonyl (C=O) groups excluding carboxylic acids is 4. The molecule has 1 aliphatic heterocycles. The maximum absolute atomic E-state index is 11.7. The Balaban J connectivity index is 1.63. The van der Waals surface area contributed by atoms with Crippen LogP contribution in [0.25, 0.3) is 0 Å². The van der Waals surface area contributed by atoms with E-state index in [4.69, 9.17) is 9.47 Å². The summed E-state index contributed by atoms with van der Waals surface area (Å²) in [5.74, 6) is -2.22. The Morgan fingerprint density at radius 2 is 1.60 bits per heavy atom. The maximum Gasteiger partial charge on any atom is 0.333 e. The maximum atomic E-state index is 11.7. The van der Waals surface area contributed by atoms with Gasteiger partial charge in [-0.15, -0.1) is 5.06 Å². The first-order valence-corrected chi connectivity index (χ1v) is 9.43. The molecule has 10 heteroatoms. The number of ether oxygens (including phenoxy) is 2. The fourth-order valence-corrected chi connectivity index (χ4v) is 2.55. The quantitative estimate of drug-likeness (QED) is 0.318. The minimum Gasteiger partial charge on any atom is -0.490 e. The second-order valence-electron chi connectivity index (χ2n) is 7.24. The summed E-state index contributed by atoms with van der Waals surface area (Å²) in [6, 6.07) is 6.46. The lowest BCUT2D eigenvalue weighted by Crippen LogP contribution is -2.32. The fourth-order valence-electron chi connectivity index (χ4n) is 2.55. The van der Waals surface area contributed by atoms with Crippen LogP contribution in [0.1, 0.15) is 51.2 Å². The van der Waals surface area contributed by atoms with Gasteiger partial charge in [0, 0.05) is 12.8 Å². The predicted molar refractivity (Wildman–Crippen MR) is 101 cm³/mol. The molecule has 0 aliphatic carbocycles. The molecule has 2 N–H and O–H groups in total. The molecule has 30 heavy (non-hydrogen) atoms. The third-order valence-electron chi connectivity index (χ3n) is 4.21. The van der Waals surface area contributed by atoms with Crippen LogP contribution in [0.3, 0.4) is 0 Å².